The van der Waals surface area contributed by atoms with Crippen LogP contribution in [0.2, 0.25) is 0 Å². The van der Waals surface area contributed by atoms with Crippen LogP contribution < -0.4 is 5.73 Å². The van der Waals surface area contributed by atoms with Gasteiger partial charge in [0.25, 0.3) is 0 Å². The lowest BCUT2D eigenvalue weighted by Crippen LogP contribution is -2.36. The molecule has 1 aromatic rings. The molecule has 94 valence electrons. The largest absolute Gasteiger partial charge is 0.327 e. The minimum absolute atomic E-state index is 0.428. The summed E-state index contributed by atoms with van der Waals surface area (Å²) in [5.74, 6) is 2.22. The molecule has 0 heterocycles. The molecule has 0 aromatic heterocycles. The Morgan fingerprint density at radius 3 is 2.53 bits per heavy atom. The quantitative estimate of drug-likeness (QED) is 0.837. The smallest absolute Gasteiger partial charge is 0.00676 e. The van der Waals surface area contributed by atoms with Gasteiger partial charge in [0.1, 0.15) is 0 Å². The standard InChI is InChI=1S/C16H25N/c1-12(2)10-15-11-14(8-9-16(15)17)13-6-4-3-5-7-13/h3-7,12,14-16H,8-11,17H2,1-2H3. The Hall–Kier alpha value is -0.820. The van der Waals surface area contributed by atoms with Gasteiger partial charge in [0.05, 0.1) is 0 Å². The average Bonchev–Trinajstić information content (AvgIpc) is 2.32. The van der Waals surface area contributed by atoms with Gasteiger partial charge in [-0.15, -0.1) is 0 Å². The average molecular weight is 231 g/mol. The van der Waals surface area contributed by atoms with E-state index in [0.717, 1.165) is 11.8 Å². The number of rotatable bonds is 3. The van der Waals surface area contributed by atoms with Gasteiger partial charge in [0, 0.05) is 6.04 Å². The molecule has 0 saturated heterocycles. The number of benzene rings is 1. The summed E-state index contributed by atoms with van der Waals surface area (Å²) >= 11 is 0. The van der Waals surface area contributed by atoms with Gasteiger partial charge in [-0.1, -0.05) is 44.2 Å². The summed E-state index contributed by atoms with van der Waals surface area (Å²) in [5.41, 5.74) is 7.78. The summed E-state index contributed by atoms with van der Waals surface area (Å²) in [6.45, 7) is 4.61. The third kappa shape index (κ3) is 3.32. The second-order valence-corrected chi connectivity index (χ2v) is 5.97. The molecule has 3 unspecified atom stereocenters. The summed E-state index contributed by atoms with van der Waals surface area (Å²) in [6.07, 6.45) is 5.02. The molecule has 2 N–H and O–H groups in total. The first-order valence-corrected chi connectivity index (χ1v) is 6.97. The van der Waals surface area contributed by atoms with Crippen LogP contribution in [0.5, 0.6) is 0 Å². The van der Waals surface area contributed by atoms with Gasteiger partial charge in [-0.3, -0.25) is 0 Å². The van der Waals surface area contributed by atoms with Crippen molar-refractivity contribution in [3.63, 3.8) is 0 Å². The lowest BCUT2D eigenvalue weighted by molar-refractivity contribution is 0.242. The molecule has 0 bridgehead atoms. The molecule has 1 nitrogen and oxygen atoms in total. The van der Waals surface area contributed by atoms with Crippen LogP contribution in [0.25, 0.3) is 0 Å². The van der Waals surface area contributed by atoms with Crippen LogP contribution >= 0.6 is 0 Å². The van der Waals surface area contributed by atoms with Gasteiger partial charge >= 0.3 is 0 Å². The maximum Gasteiger partial charge on any atom is 0.00676 e. The normalized spacial score (nSPS) is 29.5. The fourth-order valence-corrected chi connectivity index (χ4v) is 3.19. The van der Waals surface area contributed by atoms with E-state index in [1.807, 2.05) is 0 Å². The predicted molar refractivity (Wildman–Crippen MR) is 74.0 cm³/mol. The fraction of sp³-hybridized carbons (Fsp3) is 0.625. The van der Waals surface area contributed by atoms with Gasteiger partial charge in [-0.2, -0.15) is 0 Å². The third-order valence-electron chi connectivity index (χ3n) is 4.09. The van der Waals surface area contributed by atoms with Crippen LogP contribution in [0.4, 0.5) is 0 Å². The van der Waals surface area contributed by atoms with Crippen molar-refractivity contribution >= 4 is 0 Å². The molecule has 0 spiro atoms. The van der Waals surface area contributed by atoms with E-state index in [9.17, 15) is 0 Å². The molecule has 0 amide bonds. The summed E-state index contributed by atoms with van der Waals surface area (Å²) < 4.78 is 0. The minimum Gasteiger partial charge on any atom is -0.327 e. The van der Waals surface area contributed by atoms with Crippen molar-refractivity contribution < 1.29 is 0 Å². The second-order valence-electron chi connectivity index (χ2n) is 5.97. The third-order valence-corrected chi connectivity index (χ3v) is 4.09. The Bertz CT molecular complexity index is 331. The second kappa shape index (κ2) is 5.68. The molecule has 17 heavy (non-hydrogen) atoms. The zero-order valence-corrected chi connectivity index (χ0v) is 11.1. The highest BCUT2D eigenvalue weighted by Crippen LogP contribution is 2.38. The van der Waals surface area contributed by atoms with Crippen molar-refractivity contribution in [1.82, 2.24) is 0 Å². The topological polar surface area (TPSA) is 26.0 Å². The van der Waals surface area contributed by atoms with Gasteiger partial charge in [0.15, 0.2) is 0 Å². The molecule has 0 radical (unpaired) electrons. The predicted octanol–water partition coefficient (Wildman–Crippen LogP) is 3.94. The van der Waals surface area contributed by atoms with E-state index < -0.39 is 0 Å². The first-order chi connectivity index (χ1) is 8.16. The molecule has 1 aliphatic carbocycles. The highest BCUT2D eigenvalue weighted by molar-refractivity contribution is 5.20. The van der Waals surface area contributed by atoms with E-state index in [1.165, 1.54) is 31.2 Å². The maximum absolute atomic E-state index is 6.27. The summed E-state index contributed by atoms with van der Waals surface area (Å²) in [7, 11) is 0. The zero-order chi connectivity index (χ0) is 12.3. The Morgan fingerprint density at radius 2 is 1.88 bits per heavy atom. The SMILES string of the molecule is CC(C)CC1CC(c2ccccc2)CCC1N. The summed E-state index contributed by atoms with van der Waals surface area (Å²) in [6, 6.07) is 11.4. The first kappa shape index (κ1) is 12.6. The molecular weight excluding hydrogens is 206 g/mol. The van der Waals surface area contributed by atoms with E-state index in [-0.39, 0.29) is 0 Å². The number of nitrogens with two attached hydrogens (primary N) is 1. The van der Waals surface area contributed by atoms with E-state index >= 15 is 0 Å². The molecule has 1 fully saturated rings. The zero-order valence-electron chi connectivity index (χ0n) is 11.1. The molecular formula is C16H25N. The van der Waals surface area contributed by atoms with Gasteiger partial charge < -0.3 is 5.73 Å². The Kier molecular flexibility index (Phi) is 4.22. The van der Waals surface area contributed by atoms with Gasteiger partial charge in [0.2, 0.25) is 0 Å². The molecule has 1 heteroatoms. The van der Waals surface area contributed by atoms with Gasteiger partial charge in [-0.25, -0.2) is 0 Å². The van der Waals surface area contributed by atoms with E-state index in [4.69, 9.17) is 5.73 Å². The number of hydrogen-bond acceptors (Lipinski definition) is 1. The summed E-state index contributed by atoms with van der Waals surface area (Å²) in [5, 5.41) is 0. The molecule has 1 aliphatic rings. The van der Waals surface area contributed by atoms with Crippen molar-refractivity contribution in [2.24, 2.45) is 17.6 Å². The van der Waals surface area contributed by atoms with E-state index in [2.05, 4.69) is 44.2 Å². The highest BCUT2D eigenvalue weighted by atomic mass is 14.7. The molecule has 0 aliphatic heterocycles. The minimum atomic E-state index is 0.428. The van der Waals surface area contributed by atoms with Crippen molar-refractivity contribution in [3.8, 4) is 0 Å². The number of hydrogen-bond donors (Lipinski definition) is 1. The Morgan fingerprint density at radius 1 is 1.18 bits per heavy atom. The lowest BCUT2D eigenvalue weighted by Gasteiger charge is -2.35. The summed E-state index contributed by atoms with van der Waals surface area (Å²) in [4.78, 5) is 0. The molecule has 1 saturated carbocycles. The molecule has 3 atom stereocenters. The van der Waals surface area contributed by atoms with Gasteiger partial charge in [-0.05, 0) is 49.0 Å². The highest BCUT2D eigenvalue weighted by Gasteiger charge is 2.29. The van der Waals surface area contributed by atoms with Crippen LogP contribution in [0, 0.1) is 11.8 Å². The van der Waals surface area contributed by atoms with E-state index in [0.29, 0.717) is 12.0 Å². The van der Waals surface area contributed by atoms with Crippen molar-refractivity contribution in [2.75, 3.05) is 0 Å². The first-order valence-electron chi connectivity index (χ1n) is 6.97. The van der Waals surface area contributed by atoms with Crippen LogP contribution in [0.15, 0.2) is 30.3 Å². The van der Waals surface area contributed by atoms with Crippen LogP contribution in [0.3, 0.4) is 0 Å². The lowest BCUT2D eigenvalue weighted by atomic mass is 9.73. The monoisotopic (exact) mass is 231 g/mol. The maximum atomic E-state index is 6.27. The van der Waals surface area contributed by atoms with Crippen molar-refractivity contribution in [3.05, 3.63) is 35.9 Å². The van der Waals surface area contributed by atoms with Crippen molar-refractivity contribution in [2.45, 2.75) is 51.5 Å². The molecule has 2 rings (SSSR count). The van der Waals surface area contributed by atoms with Crippen molar-refractivity contribution in [1.29, 1.82) is 0 Å². The fourth-order valence-electron chi connectivity index (χ4n) is 3.19. The van der Waals surface area contributed by atoms with Crippen LogP contribution in [0.1, 0.15) is 51.0 Å². The van der Waals surface area contributed by atoms with Crippen LogP contribution in [-0.2, 0) is 0 Å². The Balaban J connectivity index is 2.02. The van der Waals surface area contributed by atoms with Crippen LogP contribution in [-0.4, -0.2) is 6.04 Å². The van der Waals surface area contributed by atoms with E-state index in [1.54, 1.807) is 0 Å². The Labute approximate surface area is 105 Å². The molecule has 1 aromatic carbocycles.